The first kappa shape index (κ1) is 14.7. The highest BCUT2D eigenvalue weighted by Gasteiger charge is 2.13. The number of hydrogen-bond acceptors (Lipinski definition) is 5. The lowest BCUT2D eigenvalue weighted by Gasteiger charge is -2.05. The molecule has 0 atom stereocenters. The molecule has 0 radical (unpaired) electrons. The van der Waals surface area contributed by atoms with E-state index in [1.807, 2.05) is 5.38 Å². The van der Waals surface area contributed by atoms with Gasteiger partial charge in [0, 0.05) is 23.4 Å². The van der Waals surface area contributed by atoms with Crippen LogP contribution in [0.25, 0.3) is 0 Å². The van der Waals surface area contributed by atoms with E-state index in [1.165, 1.54) is 18.2 Å². The second-order valence-corrected chi connectivity index (χ2v) is 5.79. The molecule has 0 fully saturated rings. The fraction of sp³-hybridized carbons (Fsp3) is 0.308. The van der Waals surface area contributed by atoms with Crippen molar-refractivity contribution in [3.8, 4) is 5.75 Å². The van der Waals surface area contributed by atoms with Crippen molar-refractivity contribution in [2.75, 3.05) is 0 Å². The van der Waals surface area contributed by atoms with Crippen LogP contribution in [0.3, 0.4) is 0 Å². The molecule has 7 heteroatoms. The average molecular weight is 313 g/mol. The standard InChI is InChI=1S/C13H13ClN2O3S/c1-8(2)13-15-9(7-20-13)6-19-10-3-4-12(16(17)18)11(14)5-10/h3-5,7-8H,6H2,1-2H3. The Morgan fingerprint density at radius 3 is 2.80 bits per heavy atom. The van der Waals surface area contributed by atoms with E-state index in [2.05, 4.69) is 18.8 Å². The molecule has 0 saturated carbocycles. The summed E-state index contributed by atoms with van der Waals surface area (Å²) in [6, 6.07) is 4.30. The van der Waals surface area contributed by atoms with Crippen LogP contribution in [0.5, 0.6) is 5.75 Å². The van der Waals surface area contributed by atoms with Gasteiger partial charge in [-0.05, 0) is 6.07 Å². The first-order valence-electron chi connectivity index (χ1n) is 5.98. The average Bonchev–Trinajstić information content (AvgIpc) is 2.85. The Bertz CT molecular complexity index is 628. The van der Waals surface area contributed by atoms with E-state index in [0.29, 0.717) is 18.3 Å². The van der Waals surface area contributed by atoms with Gasteiger partial charge in [0.25, 0.3) is 5.69 Å². The predicted octanol–water partition coefficient (Wildman–Crippen LogP) is 4.41. The maximum atomic E-state index is 10.7. The fourth-order valence-electron chi connectivity index (χ4n) is 1.54. The van der Waals surface area contributed by atoms with Gasteiger partial charge in [0.1, 0.15) is 17.4 Å². The van der Waals surface area contributed by atoms with Gasteiger partial charge < -0.3 is 4.74 Å². The van der Waals surface area contributed by atoms with E-state index >= 15 is 0 Å². The minimum atomic E-state index is -0.526. The number of benzene rings is 1. The molecule has 0 aliphatic heterocycles. The summed E-state index contributed by atoms with van der Waals surface area (Å²) in [6.07, 6.45) is 0. The van der Waals surface area contributed by atoms with Crippen LogP contribution >= 0.6 is 22.9 Å². The van der Waals surface area contributed by atoms with Crippen molar-refractivity contribution in [1.29, 1.82) is 0 Å². The zero-order valence-corrected chi connectivity index (χ0v) is 12.6. The Kier molecular flexibility index (Phi) is 4.57. The summed E-state index contributed by atoms with van der Waals surface area (Å²) in [5, 5.41) is 13.7. The van der Waals surface area contributed by atoms with Crippen molar-refractivity contribution in [3.05, 3.63) is 49.4 Å². The van der Waals surface area contributed by atoms with Gasteiger partial charge in [-0.15, -0.1) is 11.3 Å². The predicted molar refractivity (Wildman–Crippen MR) is 78.6 cm³/mol. The molecule has 0 aliphatic rings. The van der Waals surface area contributed by atoms with E-state index in [1.54, 1.807) is 11.3 Å². The number of ether oxygens (including phenoxy) is 1. The molecule has 0 spiro atoms. The summed E-state index contributed by atoms with van der Waals surface area (Å²) >= 11 is 7.41. The van der Waals surface area contributed by atoms with E-state index in [0.717, 1.165) is 10.7 Å². The highest BCUT2D eigenvalue weighted by atomic mass is 35.5. The monoisotopic (exact) mass is 312 g/mol. The molecule has 106 valence electrons. The Morgan fingerprint density at radius 2 is 2.25 bits per heavy atom. The topological polar surface area (TPSA) is 65.3 Å². The van der Waals surface area contributed by atoms with Crippen molar-refractivity contribution < 1.29 is 9.66 Å². The van der Waals surface area contributed by atoms with Gasteiger partial charge in [0.05, 0.1) is 15.6 Å². The minimum absolute atomic E-state index is 0.0636. The van der Waals surface area contributed by atoms with Crippen LogP contribution in [0, 0.1) is 10.1 Å². The first-order valence-corrected chi connectivity index (χ1v) is 7.24. The minimum Gasteiger partial charge on any atom is -0.487 e. The highest BCUT2D eigenvalue weighted by molar-refractivity contribution is 7.09. The van der Waals surface area contributed by atoms with Gasteiger partial charge in [-0.25, -0.2) is 4.98 Å². The summed E-state index contributed by atoms with van der Waals surface area (Å²) in [6.45, 7) is 4.48. The third kappa shape index (κ3) is 3.46. The molecule has 0 bridgehead atoms. The van der Waals surface area contributed by atoms with Gasteiger partial charge in [-0.2, -0.15) is 0 Å². The van der Waals surface area contributed by atoms with E-state index < -0.39 is 4.92 Å². The second-order valence-electron chi connectivity index (χ2n) is 4.49. The molecule has 20 heavy (non-hydrogen) atoms. The lowest BCUT2D eigenvalue weighted by atomic mass is 10.2. The number of thiazole rings is 1. The quantitative estimate of drug-likeness (QED) is 0.606. The molecule has 0 saturated heterocycles. The molecule has 1 aromatic heterocycles. The molecular weight excluding hydrogens is 300 g/mol. The molecule has 0 N–H and O–H groups in total. The van der Waals surface area contributed by atoms with Crippen LogP contribution in [-0.4, -0.2) is 9.91 Å². The third-order valence-electron chi connectivity index (χ3n) is 2.57. The SMILES string of the molecule is CC(C)c1nc(COc2ccc([N+](=O)[O-])c(Cl)c2)cs1. The van der Waals surface area contributed by atoms with Crippen molar-refractivity contribution >= 4 is 28.6 Å². The van der Waals surface area contributed by atoms with Crippen LogP contribution < -0.4 is 4.74 Å². The van der Waals surface area contributed by atoms with Crippen LogP contribution in [0.2, 0.25) is 5.02 Å². The third-order valence-corrected chi connectivity index (χ3v) is 4.06. The molecule has 0 unspecified atom stereocenters. The Labute approximate surface area is 125 Å². The van der Waals surface area contributed by atoms with Gasteiger partial charge >= 0.3 is 0 Å². The lowest BCUT2D eigenvalue weighted by Crippen LogP contribution is -1.97. The molecule has 2 rings (SSSR count). The Hall–Kier alpha value is -1.66. The molecule has 0 aliphatic carbocycles. The number of nitrogens with zero attached hydrogens (tertiary/aromatic N) is 2. The Balaban J connectivity index is 2.03. The van der Waals surface area contributed by atoms with Crippen molar-refractivity contribution in [1.82, 2.24) is 4.98 Å². The highest BCUT2D eigenvalue weighted by Crippen LogP contribution is 2.29. The smallest absolute Gasteiger partial charge is 0.288 e. The number of hydrogen-bond donors (Lipinski definition) is 0. The van der Waals surface area contributed by atoms with Crippen LogP contribution in [0.4, 0.5) is 5.69 Å². The van der Waals surface area contributed by atoms with E-state index in [9.17, 15) is 10.1 Å². The summed E-state index contributed by atoms with van der Waals surface area (Å²) in [5.41, 5.74) is 0.711. The largest absolute Gasteiger partial charge is 0.487 e. The Morgan fingerprint density at radius 1 is 1.50 bits per heavy atom. The zero-order chi connectivity index (χ0) is 14.7. The molecule has 0 amide bonds. The maximum Gasteiger partial charge on any atom is 0.288 e. The molecule has 1 aromatic carbocycles. The summed E-state index contributed by atoms with van der Waals surface area (Å²) < 4.78 is 5.54. The van der Waals surface area contributed by atoms with Gasteiger partial charge in [-0.1, -0.05) is 25.4 Å². The lowest BCUT2D eigenvalue weighted by molar-refractivity contribution is -0.384. The summed E-state index contributed by atoms with van der Waals surface area (Å²) in [5.74, 6) is 0.877. The van der Waals surface area contributed by atoms with Gasteiger partial charge in [0.15, 0.2) is 0 Å². The summed E-state index contributed by atoms with van der Waals surface area (Å²) in [7, 11) is 0. The molecule has 1 heterocycles. The van der Waals surface area contributed by atoms with Crippen molar-refractivity contribution in [2.24, 2.45) is 0 Å². The van der Waals surface area contributed by atoms with Crippen LogP contribution in [-0.2, 0) is 6.61 Å². The maximum absolute atomic E-state index is 10.7. The number of aromatic nitrogens is 1. The zero-order valence-electron chi connectivity index (χ0n) is 11.0. The molecular formula is C13H13ClN2O3S. The number of halogens is 1. The van der Waals surface area contributed by atoms with Crippen LogP contribution in [0.1, 0.15) is 30.5 Å². The van der Waals surface area contributed by atoms with E-state index in [-0.39, 0.29) is 10.7 Å². The van der Waals surface area contributed by atoms with Crippen LogP contribution in [0.15, 0.2) is 23.6 Å². The van der Waals surface area contributed by atoms with Gasteiger partial charge in [-0.3, -0.25) is 10.1 Å². The van der Waals surface area contributed by atoms with Crippen molar-refractivity contribution in [3.63, 3.8) is 0 Å². The number of rotatable bonds is 5. The number of nitro benzene ring substituents is 1. The van der Waals surface area contributed by atoms with Gasteiger partial charge in [0.2, 0.25) is 0 Å². The second kappa shape index (κ2) is 6.19. The molecule has 5 nitrogen and oxygen atoms in total. The first-order chi connectivity index (χ1) is 9.47. The van der Waals surface area contributed by atoms with Crippen molar-refractivity contribution in [2.45, 2.75) is 26.4 Å². The number of nitro groups is 1. The summed E-state index contributed by atoms with van der Waals surface area (Å²) in [4.78, 5) is 14.6. The fourth-order valence-corrected chi connectivity index (χ4v) is 2.60. The molecule has 2 aromatic rings. The van der Waals surface area contributed by atoms with E-state index in [4.69, 9.17) is 16.3 Å². The normalized spacial score (nSPS) is 10.8.